The first-order valence-corrected chi connectivity index (χ1v) is 8.17. The van der Waals surface area contributed by atoms with Crippen LogP contribution in [0.1, 0.15) is 12.8 Å². The van der Waals surface area contributed by atoms with Crippen molar-refractivity contribution in [2.45, 2.75) is 37.3 Å². The Kier molecular flexibility index (Phi) is 6.12. The van der Waals surface area contributed by atoms with Gasteiger partial charge in [0.05, 0.1) is 11.5 Å². The minimum Gasteiger partial charge on any atom is -0.481 e. The van der Waals surface area contributed by atoms with E-state index >= 15 is 0 Å². The predicted molar refractivity (Wildman–Crippen MR) is 84.6 cm³/mol. The van der Waals surface area contributed by atoms with E-state index in [4.69, 9.17) is 22.1 Å². The topological polar surface area (TPSA) is 128 Å². The van der Waals surface area contributed by atoms with Crippen LogP contribution in [0.2, 0.25) is 0 Å². The first-order valence-electron chi connectivity index (χ1n) is 6.94. The van der Waals surface area contributed by atoms with Crippen molar-refractivity contribution in [3.05, 3.63) is 11.0 Å². The van der Waals surface area contributed by atoms with Crippen LogP contribution in [0.5, 0.6) is 0 Å². The second-order valence-corrected chi connectivity index (χ2v) is 6.88. The zero-order valence-corrected chi connectivity index (χ0v) is 13.6. The first-order chi connectivity index (χ1) is 10.8. The molecule has 2 aliphatic heterocycles. The second kappa shape index (κ2) is 7.69. The molecule has 128 valence electrons. The highest BCUT2D eigenvalue weighted by atomic mass is 32.2. The molecule has 0 bridgehead atoms. The lowest BCUT2D eigenvalue weighted by Gasteiger charge is -2.18. The maximum atomic E-state index is 12.2. The highest BCUT2D eigenvalue weighted by Crippen LogP contribution is 2.32. The summed E-state index contributed by atoms with van der Waals surface area (Å²) in [5.74, 6) is -1.37. The summed E-state index contributed by atoms with van der Waals surface area (Å²) in [5.41, 5.74) is 0. The van der Waals surface area contributed by atoms with Gasteiger partial charge in [-0.15, -0.1) is 0 Å². The number of carboxylic acid groups (broad SMARTS) is 1. The van der Waals surface area contributed by atoms with Crippen molar-refractivity contribution in [1.29, 1.82) is 0 Å². The Morgan fingerprint density at radius 1 is 1.52 bits per heavy atom. The number of ether oxygens (including phenoxy) is 1. The molecule has 0 spiro atoms. The van der Waals surface area contributed by atoms with Crippen LogP contribution in [-0.2, 0) is 14.3 Å². The average molecular weight is 363 g/mol. The first kappa shape index (κ1) is 18.3. The Bertz CT molecular complexity index is 538. The molecule has 2 unspecified atom stereocenters. The van der Waals surface area contributed by atoms with E-state index in [0.29, 0.717) is 0 Å². The molecule has 4 N–H and O–H groups in total. The van der Waals surface area contributed by atoms with Gasteiger partial charge in [-0.05, 0) is 12.5 Å². The highest BCUT2D eigenvalue weighted by molar-refractivity contribution is 8.26. The van der Waals surface area contributed by atoms with E-state index in [0.717, 1.165) is 11.8 Å². The third-order valence-corrected chi connectivity index (χ3v) is 4.89. The van der Waals surface area contributed by atoms with Crippen molar-refractivity contribution >= 4 is 40.2 Å². The summed E-state index contributed by atoms with van der Waals surface area (Å²) >= 11 is 6.07. The zero-order valence-electron chi connectivity index (χ0n) is 12.0. The van der Waals surface area contributed by atoms with Gasteiger partial charge in [-0.2, -0.15) is 0 Å². The summed E-state index contributed by atoms with van der Waals surface area (Å²) < 4.78 is 5.39. The fraction of sp³-hybridized carbons (Fsp3) is 0.615. The van der Waals surface area contributed by atoms with Gasteiger partial charge in [0.2, 0.25) is 0 Å². The van der Waals surface area contributed by atoms with Gasteiger partial charge < -0.3 is 25.2 Å². The van der Waals surface area contributed by atoms with Crippen LogP contribution >= 0.6 is 24.0 Å². The minimum absolute atomic E-state index is 0.0707. The molecular weight excluding hydrogens is 346 g/mol. The van der Waals surface area contributed by atoms with Crippen LogP contribution in [0.15, 0.2) is 11.0 Å². The van der Waals surface area contributed by atoms with Crippen molar-refractivity contribution in [3.8, 4) is 0 Å². The van der Waals surface area contributed by atoms with Gasteiger partial charge in [0.25, 0.3) is 5.91 Å². The van der Waals surface area contributed by atoms with Crippen molar-refractivity contribution in [1.82, 2.24) is 4.90 Å². The number of carbonyl (C=O) groups is 2. The van der Waals surface area contributed by atoms with Gasteiger partial charge in [0.15, 0.2) is 0 Å². The van der Waals surface area contributed by atoms with Gasteiger partial charge in [0.1, 0.15) is 28.7 Å². The molecule has 0 aliphatic carbocycles. The van der Waals surface area contributed by atoms with E-state index in [1.807, 2.05) is 0 Å². The largest absolute Gasteiger partial charge is 0.481 e. The Morgan fingerprint density at radius 3 is 2.78 bits per heavy atom. The number of aliphatic hydroxyl groups is 3. The number of carbonyl (C=O) groups excluding carboxylic acids is 1. The molecule has 1 amide bonds. The van der Waals surface area contributed by atoms with Gasteiger partial charge in [-0.3, -0.25) is 14.5 Å². The molecule has 2 saturated heterocycles. The minimum atomic E-state index is -1.27. The summed E-state index contributed by atoms with van der Waals surface area (Å²) in [4.78, 5) is 24.2. The molecule has 0 aromatic rings. The Labute approximate surface area is 141 Å². The highest BCUT2D eigenvalue weighted by Gasteiger charge is 2.40. The molecule has 2 heterocycles. The third kappa shape index (κ3) is 4.28. The van der Waals surface area contributed by atoms with Crippen molar-refractivity contribution in [3.63, 3.8) is 0 Å². The lowest BCUT2D eigenvalue weighted by Crippen LogP contribution is -2.38. The van der Waals surface area contributed by atoms with Crippen molar-refractivity contribution in [2.24, 2.45) is 0 Å². The number of aliphatic carboxylic acids is 1. The number of carboxylic acids is 1. The maximum absolute atomic E-state index is 12.2. The number of hydrogen-bond donors (Lipinski definition) is 4. The summed E-state index contributed by atoms with van der Waals surface area (Å²) in [5, 5.41) is 37.8. The number of thioether (sulfide) groups is 1. The standard InChI is InChI=1S/C13H17NO7S2/c15-6(11-10(19)7(16)5-21-11)4-8-12(20)14(13(22)23-8)3-1-2-9(17)18/h4,6-7,10-11,15-16,19H,1-3,5H2,(H,17,18)/b8-4-/t6?,7-,10+,11?/m1/s1. The van der Waals surface area contributed by atoms with Crippen LogP contribution in [0.25, 0.3) is 0 Å². The summed E-state index contributed by atoms with van der Waals surface area (Å²) in [6, 6.07) is 0. The van der Waals surface area contributed by atoms with Crippen LogP contribution in [-0.4, -0.2) is 79.1 Å². The number of amides is 1. The van der Waals surface area contributed by atoms with E-state index < -0.39 is 36.3 Å². The van der Waals surface area contributed by atoms with Crippen LogP contribution < -0.4 is 0 Å². The van der Waals surface area contributed by atoms with Crippen LogP contribution in [0.3, 0.4) is 0 Å². The number of nitrogens with zero attached hydrogens (tertiary/aromatic N) is 1. The SMILES string of the molecule is O=C(O)CCCN1C(=O)/C(=C/C(O)C2OC[C@@H](O)[C@@H]2O)SC1=S. The lowest BCUT2D eigenvalue weighted by molar-refractivity contribution is -0.137. The number of hydrogen-bond acceptors (Lipinski definition) is 8. The summed E-state index contributed by atoms with van der Waals surface area (Å²) in [7, 11) is 0. The van der Waals surface area contributed by atoms with E-state index in [2.05, 4.69) is 0 Å². The molecule has 2 aliphatic rings. The number of rotatable bonds is 6. The van der Waals surface area contributed by atoms with Crippen molar-refractivity contribution in [2.75, 3.05) is 13.2 Å². The molecule has 0 aromatic heterocycles. The molecule has 2 fully saturated rings. The fourth-order valence-corrected chi connectivity index (χ4v) is 3.59. The molecule has 23 heavy (non-hydrogen) atoms. The fourth-order valence-electron chi connectivity index (χ4n) is 2.27. The molecule has 2 rings (SSSR count). The van der Waals surface area contributed by atoms with Crippen LogP contribution in [0, 0.1) is 0 Å². The molecule has 0 aromatic carbocycles. The normalized spacial score (nSPS) is 31.2. The monoisotopic (exact) mass is 363 g/mol. The van der Waals surface area contributed by atoms with Gasteiger partial charge in [-0.25, -0.2) is 0 Å². The Balaban J connectivity index is 1.99. The molecule has 0 saturated carbocycles. The van der Waals surface area contributed by atoms with E-state index in [9.17, 15) is 24.9 Å². The second-order valence-electron chi connectivity index (χ2n) is 5.20. The van der Waals surface area contributed by atoms with Gasteiger partial charge >= 0.3 is 5.97 Å². The summed E-state index contributed by atoms with van der Waals surface area (Å²) in [6.07, 6.45) is -3.15. The van der Waals surface area contributed by atoms with E-state index in [1.165, 1.54) is 11.0 Å². The van der Waals surface area contributed by atoms with Gasteiger partial charge in [0, 0.05) is 13.0 Å². The van der Waals surface area contributed by atoms with E-state index in [1.54, 1.807) is 0 Å². The smallest absolute Gasteiger partial charge is 0.303 e. The predicted octanol–water partition coefficient (Wildman–Crippen LogP) is -0.923. The molecule has 8 nitrogen and oxygen atoms in total. The third-order valence-electron chi connectivity index (χ3n) is 3.49. The van der Waals surface area contributed by atoms with Crippen LogP contribution in [0.4, 0.5) is 0 Å². The summed E-state index contributed by atoms with van der Waals surface area (Å²) in [6.45, 7) is 0.0958. The Morgan fingerprint density at radius 2 is 2.22 bits per heavy atom. The maximum Gasteiger partial charge on any atom is 0.303 e. The molecule has 10 heteroatoms. The molecule has 4 atom stereocenters. The average Bonchev–Trinajstić information content (AvgIpc) is 2.93. The van der Waals surface area contributed by atoms with E-state index in [-0.39, 0.29) is 35.2 Å². The zero-order chi connectivity index (χ0) is 17.1. The number of aliphatic hydroxyl groups excluding tert-OH is 3. The number of thiocarbonyl (C=S) groups is 1. The molecule has 0 radical (unpaired) electrons. The molecular formula is C13H17NO7S2. The van der Waals surface area contributed by atoms with Gasteiger partial charge in [-0.1, -0.05) is 24.0 Å². The Hall–Kier alpha value is -1.04. The lowest BCUT2D eigenvalue weighted by atomic mass is 10.1. The quantitative estimate of drug-likeness (QED) is 0.350. The van der Waals surface area contributed by atoms with Crippen molar-refractivity contribution < 1.29 is 34.8 Å².